The van der Waals surface area contributed by atoms with Crippen molar-refractivity contribution in [3.63, 3.8) is 0 Å². The van der Waals surface area contributed by atoms with Crippen LogP contribution in [0.5, 0.6) is 0 Å². The molecule has 1 aromatic carbocycles. The van der Waals surface area contributed by atoms with Crippen molar-refractivity contribution in [1.82, 2.24) is 10.2 Å². The van der Waals surface area contributed by atoms with Crippen molar-refractivity contribution in [2.24, 2.45) is 5.73 Å². The van der Waals surface area contributed by atoms with E-state index >= 15 is 0 Å². The van der Waals surface area contributed by atoms with Crippen LogP contribution in [0.4, 0.5) is 10.1 Å². The molecule has 0 radical (unpaired) electrons. The summed E-state index contributed by atoms with van der Waals surface area (Å²) in [7, 11) is 0. The van der Waals surface area contributed by atoms with E-state index in [1.807, 2.05) is 12.1 Å². The van der Waals surface area contributed by atoms with E-state index in [9.17, 15) is 9.18 Å². The number of carbonyl (C=O) groups excluding carboxylic acids is 1. The first kappa shape index (κ1) is 24.5. The minimum Gasteiger partial charge on any atom is -0.369 e. The van der Waals surface area contributed by atoms with Crippen molar-refractivity contribution < 1.29 is 9.18 Å². The van der Waals surface area contributed by atoms with Crippen molar-refractivity contribution in [2.45, 2.75) is 0 Å². The Morgan fingerprint density at radius 1 is 1.09 bits per heavy atom. The zero-order valence-corrected chi connectivity index (χ0v) is 15.2. The van der Waals surface area contributed by atoms with Gasteiger partial charge in [0.25, 0.3) is 0 Å². The Hall–Kier alpha value is -0.790. The normalized spacial score (nSPS) is 14.1. The molecule has 1 aliphatic heterocycles. The molecular weight excluding hydrogens is 366 g/mol. The van der Waals surface area contributed by atoms with Gasteiger partial charge in [-0.05, 0) is 24.3 Å². The molecule has 0 saturated carbocycles. The Labute approximate surface area is 155 Å². The summed E-state index contributed by atoms with van der Waals surface area (Å²) >= 11 is 0. The van der Waals surface area contributed by atoms with Crippen LogP contribution >= 0.6 is 37.2 Å². The average Bonchev–Trinajstić information content (AvgIpc) is 2.48. The third-order valence-electron chi connectivity index (χ3n) is 3.50. The van der Waals surface area contributed by atoms with Crippen molar-refractivity contribution in [3.8, 4) is 0 Å². The number of anilines is 1. The number of nitrogens with two attached hydrogens (primary N) is 1. The number of piperazine rings is 1. The molecule has 9 heteroatoms. The lowest BCUT2D eigenvalue weighted by Gasteiger charge is -2.36. The number of hydrogen-bond acceptors (Lipinski definition) is 4. The number of halogens is 4. The van der Waals surface area contributed by atoms with Crippen LogP contribution in [0.1, 0.15) is 0 Å². The number of rotatable bonds is 5. The van der Waals surface area contributed by atoms with Gasteiger partial charge in [-0.3, -0.25) is 9.69 Å². The van der Waals surface area contributed by atoms with Gasteiger partial charge in [0.15, 0.2) is 0 Å². The number of nitrogens with zero attached hydrogens (tertiary/aromatic N) is 2. The summed E-state index contributed by atoms with van der Waals surface area (Å²) < 4.78 is 12.9. The minimum atomic E-state index is -0.206. The number of nitrogens with one attached hydrogen (secondary N) is 1. The maximum atomic E-state index is 12.9. The van der Waals surface area contributed by atoms with Gasteiger partial charge in [0.05, 0.1) is 6.54 Å². The number of hydrogen-bond donors (Lipinski definition) is 2. The molecule has 1 saturated heterocycles. The van der Waals surface area contributed by atoms with E-state index in [1.165, 1.54) is 12.1 Å². The Kier molecular flexibility index (Phi) is 13.4. The molecule has 1 heterocycles. The quantitative estimate of drug-likeness (QED) is 0.796. The van der Waals surface area contributed by atoms with Crippen LogP contribution in [0.15, 0.2) is 24.3 Å². The van der Waals surface area contributed by atoms with Crippen molar-refractivity contribution in [1.29, 1.82) is 0 Å². The van der Waals surface area contributed by atoms with Crippen molar-refractivity contribution in [3.05, 3.63) is 30.1 Å². The first-order valence-electron chi connectivity index (χ1n) is 6.88. The fourth-order valence-electron chi connectivity index (χ4n) is 2.31. The van der Waals surface area contributed by atoms with E-state index in [4.69, 9.17) is 5.73 Å². The van der Waals surface area contributed by atoms with Gasteiger partial charge in [0, 0.05) is 45.0 Å². The highest BCUT2D eigenvalue weighted by atomic mass is 35.5. The highest BCUT2D eigenvalue weighted by Gasteiger charge is 2.16. The standard InChI is InChI=1S/C14H21FN4O.3ClH/c15-12-1-3-13(4-2-12)19-9-7-18(8-10-19)6-5-17-14(20)11-16;;;/h1-4H,5-11,16H2,(H,17,20);3*1H. The average molecular weight is 390 g/mol. The molecule has 0 spiro atoms. The minimum absolute atomic E-state index is 0. The lowest BCUT2D eigenvalue weighted by atomic mass is 10.2. The van der Waals surface area contributed by atoms with E-state index in [-0.39, 0.29) is 55.5 Å². The molecule has 134 valence electrons. The van der Waals surface area contributed by atoms with Gasteiger partial charge in [-0.25, -0.2) is 4.39 Å². The second-order valence-corrected chi connectivity index (χ2v) is 4.86. The Bertz CT molecular complexity index is 442. The molecule has 1 aromatic rings. The van der Waals surface area contributed by atoms with Gasteiger partial charge in [0.2, 0.25) is 5.91 Å². The van der Waals surface area contributed by atoms with E-state index in [2.05, 4.69) is 15.1 Å². The third-order valence-corrected chi connectivity index (χ3v) is 3.50. The molecule has 0 bridgehead atoms. The predicted octanol–water partition coefficient (Wildman–Crippen LogP) is 1.29. The fourth-order valence-corrected chi connectivity index (χ4v) is 2.31. The molecule has 0 aromatic heterocycles. The van der Waals surface area contributed by atoms with Crippen molar-refractivity contribution in [2.75, 3.05) is 50.7 Å². The van der Waals surface area contributed by atoms with Gasteiger partial charge in [-0.2, -0.15) is 0 Å². The largest absolute Gasteiger partial charge is 0.369 e. The van der Waals surface area contributed by atoms with Gasteiger partial charge in [0.1, 0.15) is 5.82 Å². The van der Waals surface area contributed by atoms with Crippen LogP contribution in [0.25, 0.3) is 0 Å². The SMILES string of the molecule is Cl.Cl.Cl.NCC(=O)NCCN1CCN(c2ccc(F)cc2)CC1. The van der Waals surface area contributed by atoms with Crippen molar-refractivity contribution >= 4 is 48.8 Å². The Morgan fingerprint density at radius 2 is 1.65 bits per heavy atom. The third kappa shape index (κ3) is 8.04. The molecule has 5 nitrogen and oxygen atoms in total. The van der Waals surface area contributed by atoms with Crippen LogP contribution in [0, 0.1) is 5.82 Å². The maximum absolute atomic E-state index is 12.9. The lowest BCUT2D eigenvalue weighted by molar-refractivity contribution is -0.119. The summed E-state index contributed by atoms with van der Waals surface area (Å²) in [4.78, 5) is 15.6. The molecule has 3 N–H and O–H groups in total. The zero-order chi connectivity index (χ0) is 14.4. The van der Waals surface area contributed by atoms with E-state index in [1.54, 1.807) is 0 Å². The zero-order valence-electron chi connectivity index (χ0n) is 12.7. The van der Waals surface area contributed by atoms with Crippen LogP contribution in [0.3, 0.4) is 0 Å². The summed E-state index contributed by atoms with van der Waals surface area (Å²) in [5.74, 6) is -0.321. The summed E-state index contributed by atoms with van der Waals surface area (Å²) in [5.41, 5.74) is 6.28. The van der Waals surface area contributed by atoms with Gasteiger partial charge in [-0.1, -0.05) is 0 Å². The topological polar surface area (TPSA) is 61.6 Å². The van der Waals surface area contributed by atoms with Gasteiger partial charge < -0.3 is 16.0 Å². The van der Waals surface area contributed by atoms with Crippen LogP contribution in [0.2, 0.25) is 0 Å². The van der Waals surface area contributed by atoms with E-state index in [0.717, 1.165) is 38.4 Å². The summed E-state index contributed by atoms with van der Waals surface area (Å²) in [6.07, 6.45) is 0. The smallest absolute Gasteiger partial charge is 0.233 e. The van der Waals surface area contributed by atoms with E-state index < -0.39 is 0 Å². The van der Waals surface area contributed by atoms with Crippen LogP contribution < -0.4 is 16.0 Å². The second-order valence-electron chi connectivity index (χ2n) is 4.86. The predicted molar refractivity (Wildman–Crippen MR) is 98.9 cm³/mol. The first-order valence-corrected chi connectivity index (χ1v) is 6.88. The number of carbonyl (C=O) groups is 1. The van der Waals surface area contributed by atoms with Gasteiger partial charge >= 0.3 is 0 Å². The molecule has 0 atom stereocenters. The molecular formula is C14H24Cl3FN4O. The van der Waals surface area contributed by atoms with Crippen LogP contribution in [-0.4, -0.2) is 56.6 Å². The molecule has 1 amide bonds. The summed E-state index contributed by atoms with van der Waals surface area (Å²) in [6, 6.07) is 6.60. The molecule has 0 unspecified atom stereocenters. The van der Waals surface area contributed by atoms with Crippen LogP contribution in [-0.2, 0) is 4.79 Å². The number of benzene rings is 1. The fraction of sp³-hybridized carbons (Fsp3) is 0.500. The van der Waals surface area contributed by atoms with Gasteiger partial charge in [-0.15, -0.1) is 37.2 Å². The number of amides is 1. The highest BCUT2D eigenvalue weighted by molar-refractivity contribution is 5.86. The highest BCUT2D eigenvalue weighted by Crippen LogP contribution is 2.16. The second kappa shape index (κ2) is 12.6. The molecule has 1 aliphatic rings. The summed E-state index contributed by atoms with van der Waals surface area (Å²) in [5, 5.41) is 2.77. The first-order chi connectivity index (χ1) is 9.69. The Morgan fingerprint density at radius 3 is 2.17 bits per heavy atom. The Balaban J connectivity index is 0. The maximum Gasteiger partial charge on any atom is 0.233 e. The molecule has 2 rings (SSSR count). The molecule has 1 fully saturated rings. The molecule has 23 heavy (non-hydrogen) atoms. The lowest BCUT2D eigenvalue weighted by Crippen LogP contribution is -2.48. The summed E-state index contributed by atoms with van der Waals surface area (Å²) in [6.45, 7) is 5.21. The molecule has 0 aliphatic carbocycles. The monoisotopic (exact) mass is 388 g/mol. The van der Waals surface area contributed by atoms with E-state index in [0.29, 0.717) is 6.54 Å².